The van der Waals surface area contributed by atoms with Gasteiger partial charge in [-0.05, 0) is 32.1 Å². The lowest BCUT2D eigenvalue weighted by Gasteiger charge is -2.35. The van der Waals surface area contributed by atoms with E-state index in [1.165, 1.54) is 0 Å². The van der Waals surface area contributed by atoms with E-state index >= 15 is 0 Å². The van der Waals surface area contributed by atoms with Crippen molar-refractivity contribution in [2.45, 2.75) is 26.1 Å². The van der Waals surface area contributed by atoms with Crippen molar-refractivity contribution in [1.29, 1.82) is 0 Å². The molecule has 9 heteroatoms. The summed E-state index contributed by atoms with van der Waals surface area (Å²) in [5, 5.41) is 10.2. The molecule has 2 aromatic heterocycles. The number of hydrogen-bond donors (Lipinski definition) is 2. The highest BCUT2D eigenvalue weighted by molar-refractivity contribution is 6.20. The zero-order chi connectivity index (χ0) is 16.7. The Morgan fingerprint density at radius 3 is 2.73 bits per heavy atom. The zero-order valence-electron chi connectivity index (χ0n) is 14.4. The van der Waals surface area contributed by atoms with E-state index in [9.17, 15) is 5.11 Å². The second-order valence-electron chi connectivity index (χ2n) is 6.19. The standard InChI is InChI=1S/C17H19N5O2.2ClH/c1-10-8-22(9-11(2)24-10)17-20-14(16(23)21-17)6-12-7-19-15-13(12)4-3-5-18-15;;/h3-7,10-11,23H,8-9H2,1-2H3,(H,20,21);2*1H/b12-6+;;. The molecule has 2 aromatic rings. The first-order valence-corrected chi connectivity index (χ1v) is 8.00. The SMILES string of the molecule is CC1CN(c2nc(O)c(/C=C3\C=Nc4ncccc43)[nH]2)CC(C)O1.Cl.Cl. The molecular formula is C17H21Cl2N5O2. The number of anilines is 1. The van der Waals surface area contributed by atoms with Crippen LogP contribution in [0, 0.1) is 0 Å². The van der Waals surface area contributed by atoms with Crippen LogP contribution in [0.5, 0.6) is 5.88 Å². The van der Waals surface area contributed by atoms with Crippen LogP contribution in [0.4, 0.5) is 11.8 Å². The van der Waals surface area contributed by atoms with Crippen LogP contribution in [0.3, 0.4) is 0 Å². The number of aromatic nitrogens is 3. The number of H-pyrrole nitrogens is 1. The molecule has 26 heavy (non-hydrogen) atoms. The summed E-state index contributed by atoms with van der Waals surface area (Å²) >= 11 is 0. The predicted molar refractivity (Wildman–Crippen MR) is 107 cm³/mol. The molecule has 1 saturated heterocycles. The smallest absolute Gasteiger partial charge is 0.238 e. The number of nitrogens with zero attached hydrogens (tertiary/aromatic N) is 4. The molecule has 4 heterocycles. The van der Waals surface area contributed by atoms with Crippen molar-refractivity contribution >= 4 is 54.4 Å². The van der Waals surface area contributed by atoms with E-state index in [2.05, 4.69) is 24.8 Å². The molecule has 0 amide bonds. The van der Waals surface area contributed by atoms with Crippen LogP contribution < -0.4 is 4.90 Å². The molecule has 0 saturated carbocycles. The summed E-state index contributed by atoms with van der Waals surface area (Å²) in [7, 11) is 0. The number of halogens is 2. The van der Waals surface area contributed by atoms with E-state index in [0.29, 0.717) is 17.5 Å². The molecule has 2 aliphatic heterocycles. The molecule has 0 aliphatic carbocycles. The zero-order valence-corrected chi connectivity index (χ0v) is 16.0. The number of hydrogen-bond acceptors (Lipinski definition) is 6. The molecule has 7 nitrogen and oxygen atoms in total. The van der Waals surface area contributed by atoms with E-state index in [-0.39, 0.29) is 42.9 Å². The van der Waals surface area contributed by atoms with Crippen molar-refractivity contribution in [3.05, 3.63) is 29.6 Å². The van der Waals surface area contributed by atoms with Crippen LogP contribution >= 0.6 is 24.8 Å². The van der Waals surface area contributed by atoms with E-state index in [1.807, 2.05) is 32.1 Å². The second-order valence-corrected chi connectivity index (χ2v) is 6.19. The van der Waals surface area contributed by atoms with Crippen molar-refractivity contribution in [3.8, 4) is 5.88 Å². The molecule has 2 N–H and O–H groups in total. The Labute approximate surface area is 164 Å². The first-order chi connectivity index (χ1) is 11.6. The highest BCUT2D eigenvalue weighted by Gasteiger charge is 2.25. The fraction of sp³-hybridized carbons (Fsp3) is 0.353. The van der Waals surface area contributed by atoms with Gasteiger partial charge < -0.3 is 19.7 Å². The van der Waals surface area contributed by atoms with Gasteiger partial charge in [0.2, 0.25) is 11.8 Å². The van der Waals surface area contributed by atoms with Gasteiger partial charge in [-0.2, -0.15) is 4.98 Å². The number of ether oxygens (including phenoxy) is 1. The highest BCUT2D eigenvalue weighted by atomic mass is 35.5. The average molecular weight is 398 g/mol. The van der Waals surface area contributed by atoms with E-state index < -0.39 is 0 Å². The van der Waals surface area contributed by atoms with Gasteiger partial charge in [-0.15, -0.1) is 24.8 Å². The molecular weight excluding hydrogens is 377 g/mol. The molecule has 2 atom stereocenters. The van der Waals surface area contributed by atoms with Crippen molar-refractivity contribution in [1.82, 2.24) is 15.0 Å². The maximum atomic E-state index is 10.2. The van der Waals surface area contributed by atoms with Gasteiger partial charge >= 0.3 is 0 Å². The Morgan fingerprint density at radius 1 is 1.27 bits per heavy atom. The first-order valence-electron chi connectivity index (χ1n) is 8.00. The lowest BCUT2D eigenvalue weighted by Crippen LogP contribution is -2.46. The molecule has 1 fully saturated rings. The maximum Gasteiger partial charge on any atom is 0.238 e. The summed E-state index contributed by atoms with van der Waals surface area (Å²) in [5.74, 6) is 1.33. The van der Waals surface area contributed by atoms with Gasteiger partial charge in [0.05, 0.1) is 12.2 Å². The number of aromatic amines is 1. The Balaban J connectivity index is 0.00000121. The average Bonchev–Trinajstić information content (AvgIpc) is 3.12. The Hall–Kier alpha value is -2.09. The number of morpholine rings is 1. The van der Waals surface area contributed by atoms with Crippen molar-refractivity contribution < 1.29 is 9.84 Å². The quantitative estimate of drug-likeness (QED) is 0.811. The number of fused-ring (bicyclic) bond motifs is 1. The fourth-order valence-corrected chi connectivity index (χ4v) is 3.16. The lowest BCUT2D eigenvalue weighted by molar-refractivity contribution is -0.00569. The minimum absolute atomic E-state index is 0. The molecule has 0 radical (unpaired) electrons. The third-order valence-corrected chi connectivity index (χ3v) is 4.14. The number of nitrogens with one attached hydrogen (secondary N) is 1. The van der Waals surface area contributed by atoms with Crippen LogP contribution in [-0.2, 0) is 4.74 Å². The number of rotatable bonds is 2. The minimum atomic E-state index is -0.0185. The molecule has 0 aromatic carbocycles. The summed E-state index contributed by atoms with van der Waals surface area (Å²) < 4.78 is 5.74. The van der Waals surface area contributed by atoms with Gasteiger partial charge in [0, 0.05) is 36.6 Å². The lowest BCUT2D eigenvalue weighted by atomic mass is 10.1. The fourth-order valence-electron chi connectivity index (χ4n) is 3.16. The van der Waals surface area contributed by atoms with Crippen molar-refractivity contribution in [3.63, 3.8) is 0 Å². The highest BCUT2D eigenvalue weighted by Crippen LogP contribution is 2.32. The van der Waals surface area contributed by atoms with Gasteiger partial charge in [-0.25, -0.2) is 9.98 Å². The van der Waals surface area contributed by atoms with E-state index in [1.54, 1.807) is 12.4 Å². The van der Waals surface area contributed by atoms with E-state index in [4.69, 9.17) is 4.74 Å². The first kappa shape index (κ1) is 20.2. The van der Waals surface area contributed by atoms with Crippen LogP contribution in [0.1, 0.15) is 25.1 Å². The molecule has 0 spiro atoms. The summed E-state index contributed by atoms with van der Waals surface area (Å²) in [5.41, 5.74) is 2.41. The predicted octanol–water partition coefficient (Wildman–Crippen LogP) is 3.22. The summed E-state index contributed by atoms with van der Waals surface area (Å²) in [6.45, 7) is 5.55. The molecule has 0 bridgehead atoms. The van der Waals surface area contributed by atoms with E-state index in [0.717, 1.165) is 24.2 Å². The van der Waals surface area contributed by atoms with Gasteiger partial charge in [0.1, 0.15) is 5.69 Å². The maximum absolute atomic E-state index is 10.2. The van der Waals surface area contributed by atoms with Crippen LogP contribution in [0.15, 0.2) is 23.3 Å². The minimum Gasteiger partial charge on any atom is -0.492 e. The Bertz CT molecular complexity index is 826. The summed E-state index contributed by atoms with van der Waals surface area (Å²) in [6.07, 6.45) is 5.56. The molecule has 2 unspecified atom stereocenters. The van der Waals surface area contributed by atoms with Gasteiger partial charge in [-0.1, -0.05) is 0 Å². The largest absolute Gasteiger partial charge is 0.492 e. The number of allylic oxidation sites excluding steroid dienone is 1. The third-order valence-electron chi connectivity index (χ3n) is 4.14. The van der Waals surface area contributed by atoms with Gasteiger partial charge in [0.25, 0.3) is 0 Å². The number of pyridine rings is 1. The summed E-state index contributed by atoms with van der Waals surface area (Å²) in [4.78, 5) is 18.1. The van der Waals surface area contributed by atoms with Crippen LogP contribution in [-0.4, -0.2) is 51.6 Å². The van der Waals surface area contributed by atoms with Gasteiger partial charge in [-0.3, -0.25) is 0 Å². The number of imidazole rings is 1. The van der Waals surface area contributed by atoms with Crippen molar-refractivity contribution in [2.24, 2.45) is 4.99 Å². The monoisotopic (exact) mass is 397 g/mol. The molecule has 2 aliphatic rings. The third kappa shape index (κ3) is 3.85. The number of aliphatic imine (C=N–C) groups is 1. The number of aromatic hydroxyl groups is 1. The topological polar surface area (TPSA) is 86.6 Å². The molecule has 140 valence electrons. The second kappa shape index (κ2) is 8.07. The Kier molecular flexibility index (Phi) is 6.28. The van der Waals surface area contributed by atoms with Crippen LogP contribution in [0.2, 0.25) is 0 Å². The van der Waals surface area contributed by atoms with Crippen LogP contribution in [0.25, 0.3) is 11.6 Å². The summed E-state index contributed by atoms with van der Waals surface area (Å²) in [6, 6.07) is 3.83. The normalized spacial score (nSPS) is 22.7. The molecule has 4 rings (SSSR count). The Morgan fingerprint density at radius 2 is 2.00 bits per heavy atom. The van der Waals surface area contributed by atoms with Gasteiger partial charge in [0.15, 0.2) is 5.82 Å². The van der Waals surface area contributed by atoms with Crippen molar-refractivity contribution in [2.75, 3.05) is 18.0 Å².